The van der Waals surface area contributed by atoms with Gasteiger partial charge in [-0.25, -0.2) is 0 Å². The Morgan fingerprint density at radius 3 is 2.70 bits per heavy atom. The van der Waals surface area contributed by atoms with Gasteiger partial charge in [0.25, 0.3) is 0 Å². The van der Waals surface area contributed by atoms with E-state index in [1.807, 2.05) is 17.9 Å². The summed E-state index contributed by atoms with van der Waals surface area (Å²) in [5.74, 6) is 0. The fourth-order valence-corrected chi connectivity index (χ4v) is 3.06. The third-order valence-corrected chi connectivity index (χ3v) is 4.88. The van der Waals surface area contributed by atoms with Gasteiger partial charge in [-0.2, -0.15) is 5.10 Å². The lowest BCUT2D eigenvalue weighted by Gasteiger charge is -2.46. The van der Waals surface area contributed by atoms with Crippen molar-refractivity contribution in [3.63, 3.8) is 0 Å². The molecule has 114 valence electrons. The average molecular weight is 280 g/mol. The van der Waals surface area contributed by atoms with Gasteiger partial charge in [-0.15, -0.1) is 0 Å². The molecule has 2 N–H and O–H groups in total. The normalized spacial score (nSPS) is 21.6. The number of hydrogen-bond acceptors (Lipinski definition) is 4. The zero-order valence-electron chi connectivity index (χ0n) is 13.0. The first kappa shape index (κ1) is 15.5. The monoisotopic (exact) mass is 280 g/mol. The van der Waals surface area contributed by atoms with Crippen molar-refractivity contribution in [2.75, 3.05) is 26.3 Å². The lowest BCUT2D eigenvalue weighted by molar-refractivity contribution is -0.0282. The van der Waals surface area contributed by atoms with Gasteiger partial charge in [0.2, 0.25) is 0 Å². The molecule has 0 saturated carbocycles. The van der Waals surface area contributed by atoms with Crippen molar-refractivity contribution >= 4 is 0 Å². The molecular formula is C15H28N4O. The summed E-state index contributed by atoms with van der Waals surface area (Å²) in [6.45, 7) is 8.16. The highest BCUT2D eigenvalue weighted by Gasteiger charge is 2.36. The first-order valence-electron chi connectivity index (χ1n) is 7.63. The molecule has 0 aromatic carbocycles. The van der Waals surface area contributed by atoms with Crippen LogP contribution in [0.4, 0.5) is 0 Å². The van der Waals surface area contributed by atoms with Crippen LogP contribution in [0.2, 0.25) is 0 Å². The van der Waals surface area contributed by atoms with Gasteiger partial charge >= 0.3 is 0 Å². The molecule has 0 spiro atoms. The standard InChI is InChI=1S/C15H28N4O/c1-4-15(2,19-9-11-20-12-10-19)14(16)6-5-13-7-8-17-18(13)3/h7-8,14H,4-6,9-12,16H2,1-3H3. The van der Waals surface area contributed by atoms with E-state index in [0.717, 1.165) is 45.6 Å². The van der Waals surface area contributed by atoms with E-state index in [-0.39, 0.29) is 11.6 Å². The summed E-state index contributed by atoms with van der Waals surface area (Å²) in [4.78, 5) is 2.50. The molecule has 5 nitrogen and oxygen atoms in total. The molecular weight excluding hydrogens is 252 g/mol. The Bertz CT molecular complexity index is 414. The van der Waals surface area contributed by atoms with Crippen LogP contribution < -0.4 is 5.73 Å². The molecule has 0 aliphatic carbocycles. The summed E-state index contributed by atoms with van der Waals surface area (Å²) < 4.78 is 7.39. The molecule has 1 aliphatic rings. The van der Waals surface area contributed by atoms with Crippen molar-refractivity contribution in [3.05, 3.63) is 18.0 Å². The third kappa shape index (κ3) is 3.22. The quantitative estimate of drug-likeness (QED) is 0.850. The zero-order valence-corrected chi connectivity index (χ0v) is 13.0. The van der Waals surface area contributed by atoms with E-state index in [4.69, 9.17) is 10.5 Å². The molecule has 1 aromatic heterocycles. The Morgan fingerprint density at radius 2 is 2.15 bits per heavy atom. The Balaban J connectivity index is 1.96. The number of aryl methyl sites for hydroxylation is 2. The number of hydrogen-bond donors (Lipinski definition) is 1. The van der Waals surface area contributed by atoms with E-state index in [2.05, 4.69) is 29.9 Å². The highest BCUT2D eigenvalue weighted by molar-refractivity contribution is 5.03. The Kier molecular flexibility index (Phi) is 5.18. The first-order valence-corrected chi connectivity index (χ1v) is 7.63. The van der Waals surface area contributed by atoms with Crippen LogP contribution in [0.25, 0.3) is 0 Å². The van der Waals surface area contributed by atoms with Gasteiger partial charge in [-0.3, -0.25) is 9.58 Å². The van der Waals surface area contributed by atoms with E-state index in [1.54, 1.807) is 0 Å². The molecule has 2 unspecified atom stereocenters. The second-order valence-corrected chi connectivity index (χ2v) is 5.90. The summed E-state index contributed by atoms with van der Waals surface area (Å²) in [6.07, 6.45) is 4.89. The molecule has 20 heavy (non-hydrogen) atoms. The minimum absolute atomic E-state index is 0.0579. The first-order chi connectivity index (χ1) is 9.58. The van der Waals surface area contributed by atoms with Crippen LogP contribution in [-0.2, 0) is 18.2 Å². The van der Waals surface area contributed by atoms with Gasteiger partial charge in [0.1, 0.15) is 0 Å². The molecule has 1 fully saturated rings. The van der Waals surface area contributed by atoms with Crippen LogP contribution >= 0.6 is 0 Å². The van der Waals surface area contributed by atoms with E-state index in [1.165, 1.54) is 5.69 Å². The largest absolute Gasteiger partial charge is 0.379 e. The lowest BCUT2D eigenvalue weighted by atomic mass is 9.84. The van der Waals surface area contributed by atoms with Crippen LogP contribution in [0.15, 0.2) is 12.3 Å². The maximum Gasteiger partial charge on any atom is 0.0594 e. The maximum absolute atomic E-state index is 6.55. The molecule has 2 heterocycles. The Hall–Kier alpha value is -0.910. The summed E-state index contributed by atoms with van der Waals surface area (Å²) in [7, 11) is 1.99. The molecule has 1 aliphatic heterocycles. The summed E-state index contributed by atoms with van der Waals surface area (Å²) in [6, 6.07) is 2.24. The Morgan fingerprint density at radius 1 is 1.45 bits per heavy atom. The minimum Gasteiger partial charge on any atom is -0.379 e. The van der Waals surface area contributed by atoms with Crippen LogP contribution in [0, 0.1) is 0 Å². The number of morpholine rings is 1. The fraction of sp³-hybridized carbons (Fsp3) is 0.800. The van der Waals surface area contributed by atoms with Crippen molar-refractivity contribution in [3.8, 4) is 0 Å². The van der Waals surface area contributed by atoms with E-state index >= 15 is 0 Å². The predicted octanol–water partition coefficient (Wildman–Crippen LogP) is 1.18. The van der Waals surface area contributed by atoms with Gasteiger partial charge in [0.15, 0.2) is 0 Å². The van der Waals surface area contributed by atoms with Gasteiger partial charge in [0, 0.05) is 43.6 Å². The SMILES string of the molecule is CCC(C)(C(N)CCc1ccnn1C)N1CCOCC1. The van der Waals surface area contributed by atoms with Crippen LogP contribution in [0.5, 0.6) is 0 Å². The van der Waals surface area contributed by atoms with Crippen molar-refractivity contribution in [1.82, 2.24) is 14.7 Å². The summed E-state index contributed by atoms with van der Waals surface area (Å²) in [5, 5.41) is 4.22. The van der Waals surface area contributed by atoms with Gasteiger partial charge in [-0.05, 0) is 32.3 Å². The van der Waals surface area contributed by atoms with Crippen molar-refractivity contribution in [1.29, 1.82) is 0 Å². The smallest absolute Gasteiger partial charge is 0.0594 e. The van der Waals surface area contributed by atoms with Crippen molar-refractivity contribution in [2.45, 2.75) is 44.7 Å². The number of nitrogens with zero attached hydrogens (tertiary/aromatic N) is 3. The van der Waals surface area contributed by atoms with Gasteiger partial charge in [0.05, 0.1) is 13.2 Å². The highest BCUT2D eigenvalue weighted by atomic mass is 16.5. The molecule has 0 radical (unpaired) electrons. The van der Waals surface area contributed by atoms with Crippen LogP contribution in [-0.4, -0.2) is 52.6 Å². The molecule has 2 atom stereocenters. The molecule has 5 heteroatoms. The molecule has 0 bridgehead atoms. The second kappa shape index (κ2) is 6.70. The molecule has 1 saturated heterocycles. The maximum atomic E-state index is 6.55. The zero-order chi connectivity index (χ0) is 14.6. The third-order valence-electron chi connectivity index (χ3n) is 4.88. The lowest BCUT2D eigenvalue weighted by Crippen LogP contribution is -2.60. The average Bonchev–Trinajstić information content (AvgIpc) is 2.90. The van der Waals surface area contributed by atoms with Gasteiger partial charge in [-0.1, -0.05) is 6.92 Å². The topological polar surface area (TPSA) is 56.3 Å². The number of ether oxygens (including phenoxy) is 1. The van der Waals surface area contributed by atoms with E-state index in [0.29, 0.717) is 0 Å². The number of nitrogens with two attached hydrogens (primary N) is 1. The fourth-order valence-electron chi connectivity index (χ4n) is 3.06. The van der Waals surface area contributed by atoms with E-state index in [9.17, 15) is 0 Å². The molecule has 1 aromatic rings. The summed E-state index contributed by atoms with van der Waals surface area (Å²) >= 11 is 0. The number of aromatic nitrogens is 2. The minimum atomic E-state index is 0.0579. The number of rotatable bonds is 6. The van der Waals surface area contributed by atoms with Crippen LogP contribution in [0.3, 0.4) is 0 Å². The van der Waals surface area contributed by atoms with Crippen molar-refractivity contribution < 1.29 is 4.74 Å². The Labute approximate surface area is 122 Å². The van der Waals surface area contributed by atoms with Gasteiger partial charge < -0.3 is 10.5 Å². The molecule has 2 rings (SSSR count). The van der Waals surface area contributed by atoms with Crippen LogP contribution in [0.1, 0.15) is 32.4 Å². The molecule has 0 amide bonds. The second-order valence-electron chi connectivity index (χ2n) is 5.90. The van der Waals surface area contributed by atoms with Crippen molar-refractivity contribution in [2.24, 2.45) is 12.8 Å². The highest BCUT2D eigenvalue weighted by Crippen LogP contribution is 2.26. The predicted molar refractivity (Wildman–Crippen MR) is 80.6 cm³/mol. The summed E-state index contributed by atoms with van der Waals surface area (Å²) in [5.41, 5.74) is 7.86. The van der Waals surface area contributed by atoms with E-state index < -0.39 is 0 Å².